The maximum Gasteiger partial charge on any atom is 0.191 e. The fourth-order valence-electron chi connectivity index (χ4n) is 2.90. The number of guanidine groups is 1. The third-order valence-electron chi connectivity index (χ3n) is 4.65. The van der Waals surface area contributed by atoms with Gasteiger partial charge < -0.3 is 15.4 Å². The summed E-state index contributed by atoms with van der Waals surface area (Å²) in [7, 11) is 3.47. The molecule has 5 nitrogen and oxygen atoms in total. The molecule has 0 amide bonds. The highest BCUT2D eigenvalue weighted by atomic mass is 127. The molecule has 0 saturated heterocycles. The van der Waals surface area contributed by atoms with Gasteiger partial charge >= 0.3 is 0 Å². The van der Waals surface area contributed by atoms with Gasteiger partial charge in [-0.05, 0) is 30.3 Å². The minimum atomic E-state index is 0. The average molecular weight is 496 g/mol. The van der Waals surface area contributed by atoms with Crippen LogP contribution in [0.5, 0.6) is 5.75 Å². The van der Waals surface area contributed by atoms with Crippen molar-refractivity contribution in [3.63, 3.8) is 0 Å². The summed E-state index contributed by atoms with van der Waals surface area (Å²) in [4.78, 5) is 6.71. The van der Waals surface area contributed by atoms with E-state index < -0.39 is 0 Å². The van der Waals surface area contributed by atoms with Crippen molar-refractivity contribution in [1.29, 1.82) is 0 Å². The number of methoxy groups -OCH3 is 1. The molecule has 0 unspecified atom stereocenters. The lowest BCUT2D eigenvalue weighted by Gasteiger charge is -2.18. The van der Waals surface area contributed by atoms with Crippen molar-refractivity contribution >= 4 is 29.9 Å². The summed E-state index contributed by atoms with van der Waals surface area (Å²) in [6.07, 6.45) is 0. The van der Waals surface area contributed by atoms with Crippen molar-refractivity contribution in [2.45, 2.75) is 33.5 Å². The van der Waals surface area contributed by atoms with Crippen LogP contribution < -0.4 is 15.4 Å². The van der Waals surface area contributed by atoms with Crippen LogP contribution in [0.15, 0.2) is 53.5 Å². The number of hydrogen-bond acceptors (Lipinski definition) is 3. The van der Waals surface area contributed by atoms with Crippen LogP contribution >= 0.6 is 24.0 Å². The summed E-state index contributed by atoms with van der Waals surface area (Å²) >= 11 is 0. The lowest BCUT2D eigenvalue weighted by atomic mass is 10.1. The van der Waals surface area contributed by atoms with Crippen LogP contribution in [-0.4, -0.2) is 38.1 Å². The van der Waals surface area contributed by atoms with E-state index in [4.69, 9.17) is 4.74 Å². The number of aliphatic imine (C=N–C) groups is 1. The van der Waals surface area contributed by atoms with Crippen LogP contribution in [-0.2, 0) is 19.6 Å². The first-order valence-corrected chi connectivity index (χ1v) is 9.56. The topological polar surface area (TPSA) is 48.9 Å². The Hall–Kier alpha value is -1.80. The predicted molar refractivity (Wildman–Crippen MR) is 129 cm³/mol. The Balaban J connectivity index is 0.00000392. The highest BCUT2D eigenvalue weighted by molar-refractivity contribution is 14.0. The molecule has 0 radical (unpaired) electrons. The lowest BCUT2D eigenvalue weighted by Crippen LogP contribution is -2.36. The van der Waals surface area contributed by atoms with Crippen molar-refractivity contribution < 1.29 is 4.74 Å². The van der Waals surface area contributed by atoms with Gasteiger partial charge in [0.05, 0.1) is 7.11 Å². The van der Waals surface area contributed by atoms with Gasteiger partial charge in [-0.3, -0.25) is 9.89 Å². The van der Waals surface area contributed by atoms with Crippen molar-refractivity contribution in [3.8, 4) is 5.75 Å². The van der Waals surface area contributed by atoms with E-state index in [-0.39, 0.29) is 24.0 Å². The predicted octanol–water partition coefficient (Wildman–Crippen LogP) is 4.02. The smallest absolute Gasteiger partial charge is 0.191 e. The monoisotopic (exact) mass is 496 g/mol. The molecule has 2 rings (SSSR count). The minimum Gasteiger partial charge on any atom is -0.496 e. The Bertz CT molecular complexity index is 715. The van der Waals surface area contributed by atoms with Gasteiger partial charge in [-0.25, -0.2) is 0 Å². The van der Waals surface area contributed by atoms with Crippen LogP contribution in [0.2, 0.25) is 0 Å². The van der Waals surface area contributed by atoms with E-state index in [9.17, 15) is 0 Å². The van der Waals surface area contributed by atoms with Crippen LogP contribution in [0, 0.1) is 0 Å². The molecule has 0 aliphatic heterocycles. The summed E-state index contributed by atoms with van der Waals surface area (Å²) in [6.45, 7) is 8.95. The van der Waals surface area contributed by atoms with E-state index in [1.807, 2.05) is 24.3 Å². The van der Waals surface area contributed by atoms with Crippen molar-refractivity contribution in [1.82, 2.24) is 15.5 Å². The average Bonchev–Trinajstić information content (AvgIpc) is 2.73. The molecule has 2 N–H and O–H groups in total. The van der Waals surface area contributed by atoms with Crippen LogP contribution in [0.4, 0.5) is 0 Å². The highest BCUT2D eigenvalue weighted by Gasteiger charge is 2.04. The van der Waals surface area contributed by atoms with Gasteiger partial charge in [0.25, 0.3) is 0 Å². The van der Waals surface area contributed by atoms with E-state index in [1.54, 1.807) is 14.2 Å². The number of benzene rings is 2. The molecule has 2 aromatic rings. The fourth-order valence-corrected chi connectivity index (χ4v) is 2.90. The molecule has 0 atom stereocenters. The molecule has 2 aromatic carbocycles. The van der Waals surface area contributed by atoms with E-state index in [2.05, 4.69) is 58.6 Å². The summed E-state index contributed by atoms with van der Waals surface area (Å²) in [5, 5.41) is 6.70. The van der Waals surface area contributed by atoms with Gasteiger partial charge in [0.15, 0.2) is 5.96 Å². The van der Waals surface area contributed by atoms with Crippen LogP contribution in [0.1, 0.15) is 30.5 Å². The number of nitrogens with one attached hydrogen (secondary N) is 2. The Morgan fingerprint density at radius 2 is 1.54 bits per heavy atom. The summed E-state index contributed by atoms with van der Waals surface area (Å²) in [6, 6.07) is 16.8. The third-order valence-corrected chi connectivity index (χ3v) is 4.65. The summed E-state index contributed by atoms with van der Waals surface area (Å²) in [5.74, 6) is 1.65. The number of halogens is 1. The maximum absolute atomic E-state index is 5.39. The van der Waals surface area contributed by atoms with Gasteiger partial charge in [0.2, 0.25) is 0 Å². The zero-order valence-electron chi connectivity index (χ0n) is 17.4. The van der Waals surface area contributed by atoms with E-state index >= 15 is 0 Å². The van der Waals surface area contributed by atoms with Gasteiger partial charge in [0.1, 0.15) is 5.75 Å². The molecule has 0 aromatic heterocycles. The molecule has 0 fully saturated rings. The van der Waals surface area contributed by atoms with Crippen molar-refractivity contribution in [3.05, 3.63) is 65.2 Å². The number of rotatable bonds is 9. The zero-order valence-corrected chi connectivity index (χ0v) is 19.7. The molecule has 0 spiro atoms. The molecule has 28 heavy (non-hydrogen) atoms. The van der Waals surface area contributed by atoms with E-state index in [1.165, 1.54) is 11.1 Å². The first kappa shape index (κ1) is 24.2. The van der Waals surface area contributed by atoms with E-state index in [0.29, 0.717) is 6.54 Å². The second-order valence-corrected chi connectivity index (χ2v) is 6.37. The molecule has 0 heterocycles. The standard InChI is InChI=1S/C22H32N4O.HI/c1-5-26(6-2)17-19-13-11-18(12-14-19)15-24-22(23-3)25-16-20-9-7-8-10-21(20)27-4;/h7-14H,5-6,15-17H2,1-4H3,(H2,23,24,25);1H. The lowest BCUT2D eigenvalue weighted by molar-refractivity contribution is 0.296. The fraction of sp³-hybridized carbons (Fsp3) is 0.409. The number of nitrogens with zero attached hydrogens (tertiary/aromatic N) is 2. The van der Waals surface area contributed by atoms with Gasteiger partial charge in [-0.1, -0.05) is 56.3 Å². The number of ether oxygens (including phenoxy) is 1. The molecular formula is C22H33IN4O. The first-order chi connectivity index (χ1) is 13.2. The van der Waals surface area contributed by atoms with Crippen molar-refractivity contribution in [2.75, 3.05) is 27.2 Å². The maximum atomic E-state index is 5.39. The summed E-state index contributed by atoms with van der Waals surface area (Å²) < 4.78 is 5.39. The zero-order chi connectivity index (χ0) is 19.5. The minimum absolute atomic E-state index is 0. The molecule has 0 bridgehead atoms. The number of para-hydroxylation sites is 1. The van der Waals surface area contributed by atoms with E-state index in [0.717, 1.165) is 43.5 Å². The second-order valence-electron chi connectivity index (χ2n) is 6.37. The first-order valence-electron chi connectivity index (χ1n) is 9.56. The third kappa shape index (κ3) is 7.67. The normalized spacial score (nSPS) is 11.1. The van der Waals surface area contributed by atoms with Gasteiger partial charge in [0, 0.05) is 32.2 Å². The molecule has 154 valence electrons. The summed E-state index contributed by atoms with van der Waals surface area (Å²) in [5.41, 5.74) is 3.68. The molecule has 0 aliphatic carbocycles. The second kappa shape index (κ2) is 13.4. The molecule has 6 heteroatoms. The molecule has 0 aliphatic rings. The van der Waals surface area contributed by atoms with Crippen LogP contribution in [0.25, 0.3) is 0 Å². The van der Waals surface area contributed by atoms with Gasteiger partial charge in [-0.15, -0.1) is 24.0 Å². The molecule has 0 saturated carbocycles. The Kier molecular flexibility index (Phi) is 11.6. The Labute approximate surface area is 186 Å². The Morgan fingerprint density at radius 3 is 2.14 bits per heavy atom. The SMILES string of the molecule is CCN(CC)Cc1ccc(CNC(=NC)NCc2ccccc2OC)cc1.I. The van der Waals surface area contributed by atoms with Gasteiger partial charge in [-0.2, -0.15) is 0 Å². The molecular weight excluding hydrogens is 463 g/mol. The number of hydrogen-bond donors (Lipinski definition) is 2. The largest absolute Gasteiger partial charge is 0.496 e. The van der Waals surface area contributed by atoms with Crippen molar-refractivity contribution in [2.24, 2.45) is 4.99 Å². The Morgan fingerprint density at radius 1 is 0.929 bits per heavy atom. The highest BCUT2D eigenvalue weighted by Crippen LogP contribution is 2.16. The quantitative estimate of drug-likeness (QED) is 0.313. The van der Waals surface area contributed by atoms with Crippen LogP contribution in [0.3, 0.4) is 0 Å².